The van der Waals surface area contributed by atoms with E-state index < -0.39 is 6.09 Å². The summed E-state index contributed by atoms with van der Waals surface area (Å²) in [5.74, 6) is 0.192. The molecular formula is C21H21BrN4O3. The number of nitrogens with zero attached hydrogens (tertiary/aromatic N) is 2. The molecule has 7 nitrogen and oxygen atoms in total. The Morgan fingerprint density at radius 2 is 1.79 bits per heavy atom. The second kappa shape index (κ2) is 9.38. The lowest BCUT2D eigenvalue weighted by molar-refractivity contribution is -0.115. The van der Waals surface area contributed by atoms with Gasteiger partial charge in [0.15, 0.2) is 0 Å². The minimum Gasteiger partial charge on any atom is -0.445 e. The van der Waals surface area contributed by atoms with Crippen molar-refractivity contribution in [2.24, 2.45) is 7.05 Å². The van der Waals surface area contributed by atoms with E-state index in [0.717, 1.165) is 26.9 Å². The number of carbonyl (C=O) groups excluding carboxylic acids is 2. The van der Waals surface area contributed by atoms with Crippen molar-refractivity contribution in [1.29, 1.82) is 0 Å². The fourth-order valence-electron chi connectivity index (χ4n) is 2.87. The van der Waals surface area contributed by atoms with Crippen molar-refractivity contribution in [1.82, 2.24) is 15.1 Å². The van der Waals surface area contributed by atoms with Crippen molar-refractivity contribution in [3.05, 3.63) is 70.3 Å². The molecule has 2 aromatic carbocycles. The van der Waals surface area contributed by atoms with Crippen molar-refractivity contribution >= 4 is 33.7 Å². The Labute approximate surface area is 177 Å². The topological polar surface area (TPSA) is 85.3 Å². The number of aromatic nitrogens is 2. The first kappa shape index (κ1) is 20.6. The van der Waals surface area contributed by atoms with Gasteiger partial charge in [-0.3, -0.25) is 9.48 Å². The first-order valence-electron chi connectivity index (χ1n) is 8.98. The van der Waals surface area contributed by atoms with E-state index in [4.69, 9.17) is 4.74 Å². The first-order valence-corrected chi connectivity index (χ1v) is 9.77. The standard InChI is InChI=1S/C21H21BrN4O3/c1-14-19(16-8-10-17(22)11-9-16)20(26(2)25-14)24-18(27)12-23-21(28)29-13-15-6-4-3-5-7-15/h3-11H,12-13H2,1-2H3,(H,23,28)(H,24,27). The molecule has 150 valence electrons. The minimum absolute atomic E-state index is 0.142. The first-order chi connectivity index (χ1) is 13.9. The zero-order valence-corrected chi connectivity index (χ0v) is 17.7. The van der Waals surface area contributed by atoms with Crippen LogP contribution in [0.25, 0.3) is 11.1 Å². The van der Waals surface area contributed by atoms with E-state index >= 15 is 0 Å². The minimum atomic E-state index is -0.654. The van der Waals surface area contributed by atoms with Gasteiger partial charge >= 0.3 is 6.09 Å². The molecule has 0 aliphatic carbocycles. The normalized spacial score (nSPS) is 10.4. The summed E-state index contributed by atoms with van der Waals surface area (Å²) in [5, 5.41) is 9.68. The maximum absolute atomic E-state index is 12.4. The lowest BCUT2D eigenvalue weighted by atomic mass is 10.1. The monoisotopic (exact) mass is 456 g/mol. The van der Waals surface area contributed by atoms with Crippen molar-refractivity contribution < 1.29 is 14.3 Å². The summed E-state index contributed by atoms with van der Waals surface area (Å²) >= 11 is 3.42. The Morgan fingerprint density at radius 3 is 2.48 bits per heavy atom. The molecule has 3 aromatic rings. The highest BCUT2D eigenvalue weighted by molar-refractivity contribution is 9.10. The van der Waals surface area contributed by atoms with Crippen molar-refractivity contribution in [2.45, 2.75) is 13.5 Å². The van der Waals surface area contributed by atoms with Gasteiger partial charge in [-0.1, -0.05) is 58.4 Å². The van der Waals surface area contributed by atoms with Gasteiger partial charge in [-0.2, -0.15) is 5.10 Å². The van der Waals surface area contributed by atoms with Crippen LogP contribution in [0.15, 0.2) is 59.1 Å². The number of aryl methyl sites for hydroxylation is 2. The summed E-state index contributed by atoms with van der Waals surface area (Å²) in [6.07, 6.45) is -0.654. The van der Waals surface area contributed by atoms with Gasteiger partial charge in [-0.05, 0) is 30.2 Å². The fraction of sp³-hybridized carbons (Fsp3) is 0.190. The van der Waals surface area contributed by atoms with Crippen molar-refractivity contribution in [2.75, 3.05) is 11.9 Å². The molecule has 0 unspecified atom stereocenters. The van der Waals surface area contributed by atoms with Gasteiger partial charge in [-0.15, -0.1) is 0 Å². The van der Waals surface area contributed by atoms with E-state index in [1.54, 1.807) is 11.7 Å². The summed E-state index contributed by atoms with van der Waals surface area (Å²) in [4.78, 5) is 24.2. The highest BCUT2D eigenvalue weighted by Crippen LogP contribution is 2.31. The third kappa shape index (κ3) is 5.45. The Kier molecular flexibility index (Phi) is 6.66. The highest BCUT2D eigenvalue weighted by atomic mass is 79.9. The van der Waals surface area contributed by atoms with Crippen molar-refractivity contribution in [3.63, 3.8) is 0 Å². The maximum atomic E-state index is 12.4. The van der Waals surface area contributed by atoms with E-state index in [-0.39, 0.29) is 19.1 Å². The largest absolute Gasteiger partial charge is 0.445 e. The van der Waals surface area contributed by atoms with Crippen LogP contribution < -0.4 is 10.6 Å². The van der Waals surface area contributed by atoms with Crippen LogP contribution in [-0.2, 0) is 23.2 Å². The number of hydrogen-bond donors (Lipinski definition) is 2. The molecule has 0 bridgehead atoms. The van der Waals surface area contributed by atoms with Crippen LogP contribution in [0.4, 0.5) is 10.6 Å². The van der Waals surface area contributed by atoms with Crippen LogP contribution in [0.1, 0.15) is 11.3 Å². The molecule has 0 fully saturated rings. The molecule has 0 spiro atoms. The van der Waals surface area contributed by atoms with Gasteiger partial charge in [0.1, 0.15) is 19.0 Å². The summed E-state index contributed by atoms with van der Waals surface area (Å²) < 4.78 is 7.68. The van der Waals surface area contributed by atoms with Crippen LogP contribution in [0.3, 0.4) is 0 Å². The summed E-state index contributed by atoms with van der Waals surface area (Å²) in [6, 6.07) is 17.1. The number of halogens is 1. The van der Waals surface area contributed by atoms with Gasteiger partial charge in [0.05, 0.1) is 5.69 Å². The molecule has 1 aromatic heterocycles. The zero-order chi connectivity index (χ0) is 20.8. The Hall–Kier alpha value is -3.13. The second-order valence-electron chi connectivity index (χ2n) is 6.40. The molecule has 0 saturated heterocycles. The Bertz CT molecular complexity index is 1000. The molecule has 0 atom stereocenters. The van der Waals surface area contributed by atoms with Gasteiger partial charge < -0.3 is 15.4 Å². The molecule has 0 aliphatic heterocycles. The highest BCUT2D eigenvalue weighted by Gasteiger charge is 2.18. The lowest BCUT2D eigenvalue weighted by Crippen LogP contribution is -2.33. The number of carbonyl (C=O) groups is 2. The van der Waals surface area contributed by atoms with Gasteiger partial charge in [0.2, 0.25) is 5.91 Å². The molecule has 3 rings (SSSR count). The average molecular weight is 457 g/mol. The van der Waals surface area contributed by atoms with Crippen LogP contribution in [0.5, 0.6) is 0 Å². The van der Waals surface area contributed by atoms with E-state index in [2.05, 4.69) is 31.7 Å². The molecule has 0 radical (unpaired) electrons. The fourth-order valence-corrected chi connectivity index (χ4v) is 3.13. The Balaban J connectivity index is 1.59. The smallest absolute Gasteiger partial charge is 0.407 e. The van der Waals surface area contributed by atoms with Crippen molar-refractivity contribution in [3.8, 4) is 11.1 Å². The molecule has 8 heteroatoms. The number of benzene rings is 2. The maximum Gasteiger partial charge on any atom is 0.407 e. The quantitative estimate of drug-likeness (QED) is 0.586. The number of hydrogen-bond acceptors (Lipinski definition) is 4. The number of rotatable bonds is 6. The van der Waals surface area contributed by atoms with Crippen LogP contribution in [0.2, 0.25) is 0 Å². The van der Waals surface area contributed by atoms with Crippen LogP contribution in [-0.4, -0.2) is 28.3 Å². The predicted molar refractivity (Wildman–Crippen MR) is 114 cm³/mol. The number of anilines is 1. The lowest BCUT2D eigenvalue weighted by Gasteiger charge is -2.10. The van der Waals surface area contributed by atoms with Crippen LogP contribution >= 0.6 is 15.9 Å². The number of amides is 2. The molecular weight excluding hydrogens is 436 g/mol. The predicted octanol–water partition coefficient (Wildman–Crippen LogP) is 4.02. The average Bonchev–Trinajstić information content (AvgIpc) is 2.99. The van der Waals surface area contributed by atoms with Gasteiger partial charge in [0, 0.05) is 17.1 Å². The van der Waals surface area contributed by atoms with E-state index in [1.165, 1.54) is 0 Å². The third-order valence-electron chi connectivity index (χ3n) is 4.22. The van der Waals surface area contributed by atoms with E-state index in [1.807, 2.05) is 61.5 Å². The summed E-state index contributed by atoms with van der Waals surface area (Å²) in [6.45, 7) is 1.81. The third-order valence-corrected chi connectivity index (χ3v) is 4.75. The number of nitrogens with one attached hydrogen (secondary N) is 2. The Morgan fingerprint density at radius 1 is 1.10 bits per heavy atom. The van der Waals surface area contributed by atoms with E-state index in [0.29, 0.717) is 5.82 Å². The van der Waals surface area contributed by atoms with Gasteiger partial charge in [-0.25, -0.2) is 4.79 Å². The molecule has 0 saturated carbocycles. The SMILES string of the molecule is Cc1nn(C)c(NC(=O)CNC(=O)OCc2ccccc2)c1-c1ccc(Br)cc1. The second-order valence-corrected chi connectivity index (χ2v) is 7.32. The molecule has 29 heavy (non-hydrogen) atoms. The van der Waals surface area contributed by atoms with Crippen LogP contribution in [0, 0.1) is 6.92 Å². The summed E-state index contributed by atoms with van der Waals surface area (Å²) in [5.41, 5.74) is 3.43. The molecule has 0 aliphatic rings. The molecule has 2 amide bonds. The number of alkyl carbamates (subject to hydrolysis) is 1. The van der Waals surface area contributed by atoms with E-state index in [9.17, 15) is 9.59 Å². The van der Waals surface area contributed by atoms with Gasteiger partial charge in [0.25, 0.3) is 0 Å². The summed E-state index contributed by atoms with van der Waals surface area (Å²) in [7, 11) is 1.76. The molecule has 2 N–H and O–H groups in total. The number of ether oxygens (including phenoxy) is 1. The zero-order valence-electron chi connectivity index (χ0n) is 16.1. The molecule has 1 heterocycles.